The molecule has 2 saturated carbocycles. The molecule has 3 atom stereocenters. The van der Waals surface area contributed by atoms with Crippen LogP contribution in [0.5, 0.6) is 0 Å². The summed E-state index contributed by atoms with van der Waals surface area (Å²) in [5.41, 5.74) is -0.0150. The first-order valence-electron chi connectivity index (χ1n) is 6.69. The molecular weight excluding hydrogens is 220 g/mol. The van der Waals surface area contributed by atoms with Crippen LogP contribution in [0.15, 0.2) is 0 Å². The number of methoxy groups -OCH3 is 1. The molecule has 0 amide bonds. The molecule has 3 rings (SSSR count). The predicted molar refractivity (Wildman–Crippen MR) is 61.5 cm³/mol. The zero-order chi connectivity index (χ0) is 11.9. The zero-order valence-electron chi connectivity index (χ0n) is 10.5. The van der Waals surface area contributed by atoms with Crippen molar-refractivity contribution in [2.75, 3.05) is 26.9 Å². The van der Waals surface area contributed by atoms with Gasteiger partial charge in [0.05, 0.1) is 19.3 Å². The molecule has 1 heterocycles. The van der Waals surface area contributed by atoms with Crippen LogP contribution in [0.1, 0.15) is 32.1 Å². The molecule has 1 saturated heterocycles. The van der Waals surface area contributed by atoms with Crippen LogP contribution in [0.25, 0.3) is 0 Å². The quantitative estimate of drug-likeness (QED) is 0.811. The third-order valence-electron chi connectivity index (χ3n) is 5.19. The van der Waals surface area contributed by atoms with E-state index in [4.69, 9.17) is 14.2 Å². The van der Waals surface area contributed by atoms with Gasteiger partial charge in [0.15, 0.2) is 5.79 Å². The van der Waals surface area contributed by atoms with Gasteiger partial charge >= 0.3 is 0 Å². The average Bonchev–Trinajstić information content (AvgIpc) is 2.98. The molecule has 0 aromatic carbocycles. The van der Waals surface area contributed by atoms with Crippen LogP contribution in [-0.4, -0.2) is 43.9 Å². The first-order chi connectivity index (χ1) is 8.28. The van der Waals surface area contributed by atoms with Crippen LogP contribution >= 0.6 is 0 Å². The van der Waals surface area contributed by atoms with E-state index in [0.717, 1.165) is 32.1 Å². The van der Waals surface area contributed by atoms with Crippen molar-refractivity contribution in [1.29, 1.82) is 0 Å². The van der Waals surface area contributed by atoms with Gasteiger partial charge in [0.25, 0.3) is 0 Å². The summed E-state index contributed by atoms with van der Waals surface area (Å²) in [6, 6.07) is 0. The Balaban J connectivity index is 1.93. The molecule has 1 spiro atoms. The fourth-order valence-electron chi connectivity index (χ4n) is 4.54. The Morgan fingerprint density at radius 1 is 1.24 bits per heavy atom. The van der Waals surface area contributed by atoms with Gasteiger partial charge in [-0.25, -0.2) is 0 Å². The Labute approximate surface area is 102 Å². The second-order valence-corrected chi connectivity index (χ2v) is 5.54. The number of hydrogen-bond donors (Lipinski definition) is 1. The smallest absolute Gasteiger partial charge is 0.174 e. The minimum Gasteiger partial charge on any atom is -0.396 e. The maximum atomic E-state index is 9.42. The Bertz CT molecular complexity index is 287. The average molecular weight is 242 g/mol. The largest absolute Gasteiger partial charge is 0.396 e. The van der Waals surface area contributed by atoms with E-state index in [1.165, 1.54) is 0 Å². The van der Waals surface area contributed by atoms with Crippen molar-refractivity contribution in [3.63, 3.8) is 0 Å². The van der Waals surface area contributed by atoms with E-state index >= 15 is 0 Å². The van der Waals surface area contributed by atoms with Gasteiger partial charge < -0.3 is 19.3 Å². The summed E-state index contributed by atoms with van der Waals surface area (Å²) in [5, 5.41) is 9.42. The minimum absolute atomic E-state index is 0.0150. The van der Waals surface area contributed by atoms with Crippen molar-refractivity contribution in [3.05, 3.63) is 0 Å². The molecule has 3 aliphatic rings. The van der Waals surface area contributed by atoms with Crippen molar-refractivity contribution < 1.29 is 19.3 Å². The van der Waals surface area contributed by atoms with Crippen LogP contribution in [0.2, 0.25) is 0 Å². The molecule has 3 fully saturated rings. The molecule has 4 heteroatoms. The van der Waals surface area contributed by atoms with Crippen LogP contribution in [0.3, 0.4) is 0 Å². The molecule has 1 aliphatic heterocycles. The van der Waals surface area contributed by atoms with E-state index in [0.29, 0.717) is 25.2 Å². The molecule has 4 nitrogen and oxygen atoms in total. The molecule has 17 heavy (non-hydrogen) atoms. The molecular formula is C13H22O4. The molecule has 0 aromatic rings. The summed E-state index contributed by atoms with van der Waals surface area (Å²) in [4.78, 5) is 0. The summed E-state index contributed by atoms with van der Waals surface area (Å²) in [6.07, 6.45) is 5.26. The number of aliphatic hydroxyl groups is 1. The van der Waals surface area contributed by atoms with Crippen LogP contribution in [0.4, 0.5) is 0 Å². The third-order valence-corrected chi connectivity index (χ3v) is 5.19. The summed E-state index contributed by atoms with van der Waals surface area (Å²) in [7, 11) is 1.79. The topological polar surface area (TPSA) is 47.9 Å². The van der Waals surface area contributed by atoms with E-state index in [1.807, 2.05) is 0 Å². The molecule has 98 valence electrons. The van der Waals surface area contributed by atoms with E-state index in [-0.39, 0.29) is 12.0 Å². The molecule has 0 bridgehead atoms. The Hall–Kier alpha value is -0.160. The molecule has 0 unspecified atom stereocenters. The van der Waals surface area contributed by atoms with Crippen molar-refractivity contribution in [2.24, 2.45) is 11.3 Å². The van der Waals surface area contributed by atoms with Gasteiger partial charge in [-0.05, 0) is 31.6 Å². The SMILES string of the molecule is CO[C@@H]1CC[C@@]2(CCO)[C@@H]1CCC21OCCO1. The fourth-order valence-corrected chi connectivity index (χ4v) is 4.54. The highest BCUT2D eigenvalue weighted by atomic mass is 16.7. The first kappa shape index (κ1) is 11.9. The van der Waals surface area contributed by atoms with E-state index < -0.39 is 5.79 Å². The van der Waals surface area contributed by atoms with Gasteiger partial charge in [0.1, 0.15) is 0 Å². The molecule has 2 aliphatic carbocycles. The zero-order valence-corrected chi connectivity index (χ0v) is 10.5. The monoisotopic (exact) mass is 242 g/mol. The normalized spacial score (nSPS) is 43.4. The lowest BCUT2D eigenvalue weighted by atomic mass is 9.73. The highest BCUT2D eigenvalue weighted by molar-refractivity contribution is 5.11. The summed E-state index contributed by atoms with van der Waals surface area (Å²) < 4.78 is 17.6. The predicted octanol–water partition coefficient (Wildman–Crippen LogP) is 1.32. The molecule has 1 N–H and O–H groups in total. The van der Waals surface area contributed by atoms with Gasteiger partial charge in [-0.3, -0.25) is 0 Å². The minimum atomic E-state index is -0.423. The lowest BCUT2D eigenvalue weighted by Crippen LogP contribution is -2.47. The van der Waals surface area contributed by atoms with Gasteiger partial charge in [-0.2, -0.15) is 0 Å². The highest BCUT2D eigenvalue weighted by Gasteiger charge is 2.67. The number of ether oxygens (including phenoxy) is 3. The fraction of sp³-hybridized carbons (Fsp3) is 1.00. The maximum Gasteiger partial charge on any atom is 0.174 e. The molecule has 0 aromatic heterocycles. The Morgan fingerprint density at radius 3 is 2.65 bits per heavy atom. The number of aliphatic hydroxyl groups excluding tert-OH is 1. The van der Waals surface area contributed by atoms with Gasteiger partial charge in [-0.15, -0.1) is 0 Å². The van der Waals surface area contributed by atoms with E-state index in [2.05, 4.69) is 0 Å². The van der Waals surface area contributed by atoms with Crippen molar-refractivity contribution in [3.8, 4) is 0 Å². The van der Waals surface area contributed by atoms with Crippen molar-refractivity contribution in [1.82, 2.24) is 0 Å². The van der Waals surface area contributed by atoms with Gasteiger partial charge in [-0.1, -0.05) is 0 Å². The van der Waals surface area contributed by atoms with E-state index in [1.54, 1.807) is 7.11 Å². The highest BCUT2D eigenvalue weighted by Crippen LogP contribution is 2.64. The van der Waals surface area contributed by atoms with Crippen LogP contribution in [0, 0.1) is 11.3 Å². The van der Waals surface area contributed by atoms with Crippen LogP contribution in [-0.2, 0) is 14.2 Å². The second-order valence-electron chi connectivity index (χ2n) is 5.54. The summed E-state index contributed by atoms with van der Waals surface area (Å²) in [5.74, 6) is 0.0611. The van der Waals surface area contributed by atoms with Gasteiger partial charge in [0, 0.05) is 25.6 Å². The second kappa shape index (κ2) is 4.19. The van der Waals surface area contributed by atoms with Crippen molar-refractivity contribution >= 4 is 0 Å². The van der Waals surface area contributed by atoms with Gasteiger partial charge in [0.2, 0.25) is 0 Å². The Kier molecular flexibility index (Phi) is 2.94. The first-order valence-corrected chi connectivity index (χ1v) is 6.69. The van der Waals surface area contributed by atoms with E-state index in [9.17, 15) is 5.11 Å². The summed E-state index contributed by atoms with van der Waals surface area (Å²) in [6.45, 7) is 1.59. The van der Waals surface area contributed by atoms with Crippen LogP contribution < -0.4 is 0 Å². The number of fused-ring (bicyclic) bond motifs is 2. The number of hydrogen-bond acceptors (Lipinski definition) is 4. The Morgan fingerprint density at radius 2 is 2.00 bits per heavy atom. The third kappa shape index (κ3) is 1.44. The maximum absolute atomic E-state index is 9.42. The summed E-state index contributed by atoms with van der Waals surface area (Å²) >= 11 is 0. The van der Waals surface area contributed by atoms with Crippen molar-refractivity contribution in [2.45, 2.75) is 44.0 Å². The lowest BCUT2D eigenvalue weighted by molar-refractivity contribution is -0.232. The number of rotatable bonds is 3. The molecule has 0 radical (unpaired) electrons. The standard InChI is InChI=1S/C13H22O4/c1-15-11-3-4-12(6-7-14)10(11)2-5-13(12)16-8-9-17-13/h10-11,14H,2-9H2,1H3/t10-,11-,12-/m1/s1. The lowest BCUT2D eigenvalue weighted by Gasteiger charge is -2.42.